The number of alkyl halides is 3. The third kappa shape index (κ3) is 4.50. The van der Waals surface area contributed by atoms with Crippen LogP contribution in [0, 0.1) is 0 Å². The van der Waals surface area contributed by atoms with Crippen LogP contribution in [0.2, 0.25) is 0 Å². The van der Waals surface area contributed by atoms with E-state index in [4.69, 9.17) is 0 Å². The minimum absolute atomic E-state index is 0.228. The molecule has 0 bridgehead atoms. The zero-order chi connectivity index (χ0) is 13.9. The molecule has 0 amide bonds. The van der Waals surface area contributed by atoms with E-state index in [9.17, 15) is 13.2 Å². The van der Waals surface area contributed by atoms with Gasteiger partial charge in [-0.1, -0.05) is 22.0 Å². The van der Waals surface area contributed by atoms with E-state index in [1.807, 2.05) is 5.38 Å². The van der Waals surface area contributed by atoms with Gasteiger partial charge in [-0.15, -0.1) is 11.3 Å². The van der Waals surface area contributed by atoms with Gasteiger partial charge in [0.2, 0.25) is 0 Å². The van der Waals surface area contributed by atoms with Crippen LogP contribution in [-0.4, -0.2) is 11.2 Å². The molecule has 0 aliphatic heterocycles. The second-order valence-electron chi connectivity index (χ2n) is 3.93. The molecule has 0 saturated carbocycles. The zero-order valence-corrected chi connectivity index (χ0v) is 12.1. The highest BCUT2D eigenvalue weighted by atomic mass is 79.9. The van der Waals surface area contributed by atoms with Crippen molar-refractivity contribution in [3.05, 3.63) is 44.8 Å². The highest BCUT2D eigenvalue weighted by molar-refractivity contribution is 9.10. The van der Waals surface area contributed by atoms with Gasteiger partial charge >= 0.3 is 6.18 Å². The Morgan fingerprint density at radius 2 is 2.11 bits per heavy atom. The lowest BCUT2D eigenvalue weighted by molar-refractivity contribution is -0.127. The van der Waals surface area contributed by atoms with Crippen LogP contribution in [0.3, 0.4) is 0 Å². The smallest absolute Gasteiger partial charge is 0.379 e. The second-order valence-corrected chi connectivity index (χ2v) is 5.56. The Hall–Kier alpha value is -1.08. The molecule has 0 atom stereocenters. The third-order valence-electron chi connectivity index (χ3n) is 2.41. The van der Waals surface area contributed by atoms with Crippen molar-refractivity contribution in [1.29, 1.82) is 0 Å². The first-order valence-electron chi connectivity index (χ1n) is 5.40. The lowest BCUT2D eigenvalue weighted by atomic mass is 10.1. The summed E-state index contributed by atoms with van der Waals surface area (Å²) in [4.78, 5) is 4.08. The molecule has 1 aromatic carbocycles. The van der Waals surface area contributed by atoms with Gasteiger partial charge in [0.1, 0.15) is 0 Å². The molecule has 0 radical (unpaired) electrons. The summed E-state index contributed by atoms with van der Waals surface area (Å²) >= 11 is 4.71. The summed E-state index contributed by atoms with van der Waals surface area (Å²) in [6.07, 6.45) is -5.16. The Bertz CT molecular complexity index is 540. The van der Waals surface area contributed by atoms with Gasteiger partial charge in [-0.3, -0.25) is 0 Å². The number of hydrogen-bond acceptors (Lipinski definition) is 3. The molecule has 1 N–H and O–H groups in total. The Morgan fingerprint density at radius 1 is 1.32 bits per heavy atom. The Balaban J connectivity index is 2.15. The molecule has 0 aliphatic carbocycles. The average molecular weight is 351 g/mol. The lowest BCUT2D eigenvalue weighted by Gasteiger charge is -2.13. The number of halogens is 4. The molecule has 2 nitrogen and oxygen atoms in total. The van der Waals surface area contributed by atoms with E-state index in [-0.39, 0.29) is 5.56 Å². The fourth-order valence-electron chi connectivity index (χ4n) is 1.59. The van der Waals surface area contributed by atoms with Gasteiger partial charge in [-0.2, -0.15) is 13.2 Å². The van der Waals surface area contributed by atoms with Gasteiger partial charge in [0.15, 0.2) is 0 Å². The van der Waals surface area contributed by atoms with E-state index in [1.54, 1.807) is 17.6 Å². The van der Waals surface area contributed by atoms with Crippen molar-refractivity contribution < 1.29 is 13.2 Å². The standard InChI is InChI=1S/C12H10BrF3N2S/c13-9-2-1-8(4-12(14,15)16)11(3-9)17-5-10-6-19-7-18-10/h1-3,6-7,17H,4-5H2. The van der Waals surface area contributed by atoms with Gasteiger partial charge in [0.25, 0.3) is 0 Å². The lowest BCUT2D eigenvalue weighted by Crippen LogP contribution is -2.13. The molecule has 1 aromatic heterocycles. The third-order valence-corrected chi connectivity index (χ3v) is 3.53. The first-order chi connectivity index (χ1) is 8.94. The monoisotopic (exact) mass is 350 g/mol. The van der Waals surface area contributed by atoms with Crippen LogP contribution >= 0.6 is 27.3 Å². The molecule has 0 unspecified atom stereocenters. The van der Waals surface area contributed by atoms with Crippen molar-refractivity contribution in [3.63, 3.8) is 0 Å². The van der Waals surface area contributed by atoms with Crippen LogP contribution in [0.15, 0.2) is 33.6 Å². The van der Waals surface area contributed by atoms with Crippen LogP contribution in [0.5, 0.6) is 0 Å². The zero-order valence-electron chi connectivity index (χ0n) is 9.67. The molecule has 0 aliphatic rings. The van der Waals surface area contributed by atoms with Crippen molar-refractivity contribution in [1.82, 2.24) is 4.98 Å². The maximum atomic E-state index is 12.5. The van der Waals surface area contributed by atoms with E-state index in [0.29, 0.717) is 12.2 Å². The van der Waals surface area contributed by atoms with E-state index in [0.717, 1.165) is 10.2 Å². The van der Waals surface area contributed by atoms with Crippen molar-refractivity contribution in [2.24, 2.45) is 0 Å². The number of rotatable bonds is 4. The van der Waals surface area contributed by atoms with Gasteiger partial charge in [0.05, 0.1) is 24.2 Å². The van der Waals surface area contributed by atoms with Crippen molar-refractivity contribution >= 4 is 33.0 Å². The summed E-state index contributed by atoms with van der Waals surface area (Å²) in [6.45, 7) is 0.408. The van der Waals surface area contributed by atoms with Crippen molar-refractivity contribution in [2.45, 2.75) is 19.1 Å². The normalized spacial score (nSPS) is 11.6. The number of nitrogens with one attached hydrogen (secondary N) is 1. The maximum absolute atomic E-state index is 12.5. The highest BCUT2D eigenvalue weighted by Gasteiger charge is 2.28. The summed E-state index contributed by atoms with van der Waals surface area (Å²) in [6, 6.07) is 4.73. The SMILES string of the molecule is FC(F)(F)Cc1ccc(Br)cc1NCc1cscn1. The molecule has 2 aromatic rings. The fourth-order valence-corrected chi connectivity index (χ4v) is 2.51. The molecular weight excluding hydrogens is 341 g/mol. The Kier molecular flexibility index (Phi) is 4.46. The molecular formula is C12H10BrF3N2S. The van der Waals surface area contributed by atoms with Gasteiger partial charge < -0.3 is 5.32 Å². The quantitative estimate of drug-likeness (QED) is 0.869. The molecule has 0 saturated heterocycles. The number of benzene rings is 1. The summed E-state index contributed by atoms with van der Waals surface area (Å²) in [5.41, 5.74) is 3.20. The largest absolute Gasteiger partial charge is 0.393 e. The van der Waals surface area contributed by atoms with Crippen LogP contribution in [0.4, 0.5) is 18.9 Å². The predicted octanol–water partition coefficient (Wildman–Crippen LogP) is 4.62. The Labute approximate surface area is 120 Å². The Morgan fingerprint density at radius 3 is 2.74 bits per heavy atom. The van der Waals surface area contributed by atoms with Crippen LogP contribution < -0.4 is 5.32 Å². The van der Waals surface area contributed by atoms with Crippen molar-refractivity contribution in [2.75, 3.05) is 5.32 Å². The minimum atomic E-state index is -4.22. The highest BCUT2D eigenvalue weighted by Crippen LogP contribution is 2.28. The fraction of sp³-hybridized carbons (Fsp3) is 0.250. The molecule has 19 heavy (non-hydrogen) atoms. The van der Waals surface area contributed by atoms with Crippen LogP contribution in [0.1, 0.15) is 11.3 Å². The minimum Gasteiger partial charge on any atom is -0.379 e. The van der Waals surface area contributed by atoms with Crippen molar-refractivity contribution in [3.8, 4) is 0 Å². The summed E-state index contributed by atoms with van der Waals surface area (Å²) in [7, 11) is 0. The molecule has 7 heteroatoms. The molecule has 0 fully saturated rings. The van der Waals surface area contributed by atoms with E-state index >= 15 is 0 Å². The van der Waals surface area contributed by atoms with Crippen LogP contribution in [-0.2, 0) is 13.0 Å². The van der Waals surface area contributed by atoms with Crippen LogP contribution in [0.25, 0.3) is 0 Å². The van der Waals surface area contributed by atoms with E-state index < -0.39 is 12.6 Å². The molecule has 1 heterocycles. The molecule has 2 rings (SSSR count). The molecule has 102 valence electrons. The van der Waals surface area contributed by atoms with E-state index in [2.05, 4.69) is 26.2 Å². The first kappa shape index (κ1) is 14.3. The summed E-state index contributed by atoms with van der Waals surface area (Å²) < 4.78 is 38.2. The topological polar surface area (TPSA) is 24.9 Å². The first-order valence-corrected chi connectivity index (χ1v) is 7.14. The average Bonchev–Trinajstić information content (AvgIpc) is 2.81. The number of thiazole rings is 1. The van der Waals surface area contributed by atoms with Gasteiger partial charge in [-0.25, -0.2) is 4.98 Å². The summed E-state index contributed by atoms with van der Waals surface area (Å²) in [5.74, 6) is 0. The maximum Gasteiger partial charge on any atom is 0.393 e. The molecule has 0 spiro atoms. The van der Waals surface area contributed by atoms with E-state index in [1.165, 1.54) is 17.4 Å². The van der Waals surface area contributed by atoms with Gasteiger partial charge in [-0.05, 0) is 17.7 Å². The number of nitrogens with zero attached hydrogens (tertiary/aromatic N) is 1. The second kappa shape index (κ2) is 5.92. The van der Waals surface area contributed by atoms with Gasteiger partial charge in [0, 0.05) is 15.5 Å². The number of hydrogen-bond donors (Lipinski definition) is 1. The predicted molar refractivity (Wildman–Crippen MR) is 73.3 cm³/mol. The number of aromatic nitrogens is 1. The number of anilines is 1. The summed E-state index contributed by atoms with van der Waals surface area (Å²) in [5, 5.41) is 4.85.